The van der Waals surface area contributed by atoms with Gasteiger partial charge in [-0.15, -0.1) is 5.92 Å². The fourth-order valence-electron chi connectivity index (χ4n) is 7.20. The lowest BCUT2D eigenvalue weighted by Gasteiger charge is -2.50. The molecule has 1 aliphatic heterocycles. The van der Waals surface area contributed by atoms with Gasteiger partial charge in [0.05, 0.1) is 6.10 Å². The van der Waals surface area contributed by atoms with Gasteiger partial charge in [0.2, 0.25) is 0 Å². The highest BCUT2D eigenvalue weighted by Crippen LogP contribution is 2.72. The largest absolute Gasteiger partial charge is 0.381 e. The molecule has 0 aromatic carbocycles. The zero-order valence-corrected chi connectivity index (χ0v) is 15.7. The average molecular weight is 342 g/mol. The Morgan fingerprint density at radius 2 is 2.08 bits per heavy atom. The van der Waals surface area contributed by atoms with Gasteiger partial charge >= 0.3 is 0 Å². The molecule has 3 heteroatoms. The Morgan fingerprint density at radius 3 is 2.84 bits per heavy atom. The molecule has 0 aromatic heterocycles. The zero-order valence-electron chi connectivity index (χ0n) is 15.7. The first kappa shape index (κ1) is 16.4. The molecular weight excluding hydrogens is 312 g/mol. The monoisotopic (exact) mass is 342 g/mol. The first-order chi connectivity index (χ1) is 11.9. The van der Waals surface area contributed by atoms with Crippen LogP contribution in [-0.2, 0) is 9.47 Å². The summed E-state index contributed by atoms with van der Waals surface area (Å²) in [6.45, 7) is 4.12. The molecule has 5 rings (SSSR count). The maximum absolute atomic E-state index is 11.3. The molecule has 1 N–H and O–H groups in total. The van der Waals surface area contributed by atoms with E-state index >= 15 is 0 Å². The summed E-state index contributed by atoms with van der Waals surface area (Å²) in [6.07, 6.45) is 11.3. The Morgan fingerprint density at radius 1 is 1.24 bits per heavy atom. The molecule has 0 radical (unpaired) electrons. The van der Waals surface area contributed by atoms with Crippen LogP contribution in [-0.4, -0.2) is 35.1 Å². The van der Waals surface area contributed by atoms with Crippen LogP contribution in [0.15, 0.2) is 11.6 Å². The molecule has 0 aromatic rings. The molecule has 0 spiro atoms. The van der Waals surface area contributed by atoms with E-state index in [-0.39, 0.29) is 16.6 Å². The van der Waals surface area contributed by atoms with E-state index < -0.39 is 5.60 Å². The number of hydrogen-bond acceptors (Lipinski definition) is 3. The predicted octanol–water partition coefficient (Wildman–Crippen LogP) is 3.60. The highest BCUT2D eigenvalue weighted by molar-refractivity contribution is 5.44. The fraction of sp³-hybridized carbons (Fsp3) is 0.818. The molecule has 3 nitrogen and oxygen atoms in total. The average Bonchev–Trinajstić information content (AvgIpc) is 3.22. The fourth-order valence-corrected chi connectivity index (χ4v) is 7.20. The molecule has 0 amide bonds. The molecule has 1 saturated heterocycles. The van der Waals surface area contributed by atoms with Gasteiger partial charge in [0.1, 0.15) is 16.8 Å². The summed E-state index contributed by atoms with van der Waals surface area (Å²) in [5.74, 6) is 7.27. The summed E-state index contributed by atoms with van der Waals surface area (Å²) < 4.78 is 12.2. The van der Waals surface area contributed by atoms with E-state index in [0.717, 1.165) is 44.9 Å². The number of rotatable bonds is 1. The number of ether oxygens (including phenoxy) is 2. The Bertz CT molecular complexity index is 702. The number of epoxide rings is 1. The number of aliphatic hydroxyl groups is 1. The van der Waals surface area contributed by atoms with Gasteiger partial charge in [0.25, 0.3) is 0 Å². The lowest BCUT2D eigenvalue weighted by Crippen LogP contribution is -2.52. The standard InChI is InChI=1S/C22H30O3/c1-4-9-20(23)11-8-17-16-6-12-21-14-15(24-3)5-13-22(21,25-21)18(16)7-10-19(17,20)2/h7,15-17,23H,5-6,8,10-14H2,1-3H3/t15?,16-,17-,19-,20-,21+,22+/m0/s1. The number of methoxy groups -OCH3 is 1. The van der Waals surface area contributed by atoms with Crippen molar-refractivity contribution in [1.82, 2.24) is 0 Å². The normalized spacial score (nSPS) is 55.7. The minimum Gasteiger partial charge on any atom is -0.381 e. The van der Waals surface area contributed by atoms with Crippen molar-refractivity contribution in [2.75, 3.05) is 7.11 Å². The van der Waals surface area contributed by atoms with Crippen LogP contribution in [0.25, 0.3) is 0 Å². The van der Waals surface area contributed by atoms with Gasteiger partial charge in [-0.1, -0.05) is 18.9 Å². The van der Waals surface area contributed by atoms with Gasteiger partial charge in [-0.05, 0) is 69.3 Å². The summed E-state index contributed by atoms with van der Waals surface area (Å²) in [7, 11) is 1.84. The van der Waals surface area contributed by atoms with E-state index in [1.807, 2.05) is 14.0 Å². The second-order valence-corrected chi connectivity index (χ2v) is 9.33. The third-order valence-electron chi connectivity index (χ3n) is 8.64. The van der Waals surface area contributed by atoms with Gasteiger partial charge in [-0.3, -0.25) is 0 Å². The van der Waals surface area contributed by atoms with Gasteiger partial charge in [0, 0.05) is 18.9 Å². The smallest absolute Gasteiger partial charge is 0.131 e. The Hall–Kier alpha value is -0.820. The summed E-state index contributed by atoms with van der Waals surface area (Å²) in [4.78, 5) is 0. The second kappa shape index (κ2) is 4.91. The van der Waals surface area contributed by atoms with Crippen LogP contribution in [0.3, 0.4) is 0 Å². The molecule has 4 aliphatic carbocycles. The van der Waals surface area contributed by atoms with E-state index in [9.17, 15) is 5.11 Å². The van der Waals surface area contributed by atoms with E-state index in [1.165, 1.54) is 6.42 Å². The molecule has 3 saturated carbocycles. The third kappa shape index (κ3) is 1.79. The van der Waals surface area contributed by atoms with Gasteiger partial charge in [0.15, 0.2) is 0 Å². The maximum Gasteiger partial charge on any atom is 0.131 e. The van der Waals surface area contributed by atoms with Crippen LogP contribution in [0.2, 0.25) is 0 Å². The van der Waals surface area contributed by atoms with E-state index in [0.29, 0.717) is 17.9 Å². The van der Waals surface area contributed by atoms with Crippen molar-refractivity contribution in [3.63, 3.8) is 0 Å². The highest BCUT2D eigenvalue weighted by Gasteiger charge is 2.77. The van der Waals surface area contributed by atoms with Crippen LogP contribution in [0.5, 0.6) is 0 Å². The summed E-state index contributed by atoms with van der Waals surface area (Å²) in [5.41, 5.74) is 0.700. The number of allylic oxidation sites excluding steroid dienone is 1. The first-order valence-corrected chi connectivity index (χ1v) is 10.0. The Balaban J connectivity index is 1.51. The third-order valence-corrected chi connectivity index (χ3v) is 8.64. The maximum atomic E-state index is 11.3. The molecule has 5 aliphatic rings. The van der Waals surface area contributed by atoms with Crippen molar-refractivity contribution >= 4 is 0 Å². The van der Waals surface area contributed by atoms with Crippen molar-refractivity contribution in [3.05, 3.63) is 11.6 Å². The second-order valence-electron chi connectivity index (χ2n) is 9.33. The minimum absolute atomic E-state index is 0.00339. The van der Waals surface area contributed by atoms with Crippen LogP contribution in [0.4, 0.5) is 0 Å². The van der Waals surface area contributed by atoms with Gasteiger partial charge in [-0.2, -0.15) is 0 Å². The van der Waals surface area contributed by atoms with Crippen molar-refractivity contribution in [2.24, 2.45) is 17.3 Å². The molecule has 1 unspecified atom stereocenters. The minimum atomic E-state index is -0.821. The number of fused-ring (bicyclic) bond motifs is 3. The van der Waals surface area contributed by atoms with Crippen molar-refractivity contribution in [2.45, 2.75) is 88.1 Å². The SMILES string of the molecule is CC#C[C@]1(O)CC[C@H]2[C@@H]3CC[C@@]45CC(OC)CC[C@@]4(O5)C3=CC[C@@]21C. The molecule has 25 heavy (non-hydrogen) atoms. The van der Waals surface area contributed by atoms with Gasteiger partial charge in [-0.25, -0.2) is 0 Å². The molecular formula is C22H30O3. The van der Waals surface area contributed by atoms with Crippen LogP contribution in [0, 0.1) is 29.1 Å². The lowest BCUT2D eigenvalue weighted by atomic mass is 9.53. The van der Waals surface area contributed by atoms with E-state index in [1.54, 1.807) is 5.57 Å². The molecule has 136 valence electrons. The Labute approximate surface area is 151 Å². The van der Waals surface area contributed by atoms with Crippen LogP contribution in [0.1, 0.15) is 65.2 Å². The van der Waals surface area contributed by atoms with Crippen molar-refractivity contribution in [1.29, 1.82) is 0 Å². The van der Waals surface area contributed by atoms with Crippen molar-refractivity contribution < 1.29 is 14.6 Å². The van der Waals surface area contributed by atoms with Crippen LogP contribution < -0.4 is 0 Å². The molecule has 7 atom stereocenters. The van der Waals surface area contributed by atoms with E-state index in [4.69, 9.17) is 9.47 Å². The summed E-state index contributed by atoms with van der Waals surface area (Å²) >= 11 is 0. The van der Waals surface area contributed by atoms with Crippen molar-refractivity contribution in [3.8, 4) is 11.8 Å². The predicted molar refractivity (Wildman–Crippen MR) is 95.8 cm³/mol. The lowest BCUT2D eigenvalue weighted by molar-refractivity contribution is -0.0380. The van der Waals surface area contributed by atoms with E-state index in [2.05, 4.69) is 24.8 Å². The molecule has 1 heterocycles. The zero-order chi connectivity index (χ0) is 17.5. The highest BCUT2D eigenvalue weighted by atomic mass is 16.6. The number of hydrogen-bond donors (Lipinski definition) is 1. The molecule has 0 bridgehead atoms. The quantitative estimate of drug-likeness (QED) is 0.450. The van der Waals surface area contributed by atoms with Crippen LogP contribution >= 0.6 is 0 Å². The topological polar surface area (TPSA) is 42.0 Å². The first-order valence-electron chi connectivity index (χ1n) is 10.0. The summed E-state index contributed by atoms with van der Waals surface area (Å²) in [6, 6.07) is 0. The Kier molecular flexibility index (Phi) is 3.21. The van der Waals surface area contributed by atoms with Gasteiger partial charge < -0.3 is 14.6 Å². The summed E-state index contributed by atoms with van der Waals surface area (Å²) in [5, 5.41) is 11.3. The molecule has 4 fully saturated rings.